The molecule has 0 amide bonds. The molecular weight excluding hydrogens is 182 g/mol. The van der Waals surface area contributed by atoms with E-state index >= 15 is 0 Å². The molecule has 1 saturated carbocycles. The van der Waals surface area contributed by atoms with Crippen LogP contribution in [0.25, 0.3) is 0 Å². The Hall–Kier alpha value is -0.300. The fourth-order valence-electron chi connectivity index (χ4n) is 3.38. The summed E-state index contributed by atoms with van der Waals surface area (Å²) < 4.78 is 0. The van der Waals surface area contributed by atoms with E-state index in [1.54, 1.807) is 5.57 Å². The quantitative estimate of drug-likeness (QED) is 0.685. The van der Waals surface area contributed by atoms with Gasteiger partial charge in [0.25, 0.3) is 0 Å². The molecule has 2 aliphatic rings. The molecule has 0 aromatic rings. The number of nitrogens with one attached hydrogen (secondary N) is 1. The van der Waals surface area contributed by atoms with Gasteiger partial charge in [0.15, 0.2) is 0 Å². The first-order valence-electron chi connectivity index (χ1n) is 6.64. The van der Waals surface area contributed by atoms with Gasteiger partial charge >= 0.3 is 0 Å². The van der Waals surface area contributed by atoms with Crippen molar-refractivity contribution in [3.05, 3.63) is 11.6 Å². The van der Waals surface area contributed by atoms with Gasteiger partial charge in [-0.3, -0.25) is 0 Å². The van der Waals surface area contributed by atoms with Crippen LogP contribution in [-0.2, 0) is 0 Å². The molecule has 86 valence electrons. The van der Waals surface area contributed by atoms with Crippen molar-refractivity contribution in [3.8, 4) is 0 Å². The van der Waals surface area contributed by atoms with Crippen LogP contribution in [0.1, 0.15) is 45.4 Å². The van der Waals surface area contributed by atoms with Gasteiger partial charge < -0.3 is 5.32 Å². The molecule has 1 fully saturated rings. The van der Waals surface area contributed by atoms with Crippen molar-refractivity contribution in [3.63, 3.8) is 0 Å². The minimum Gasteiger partial charge on any atom is -0.319 e. The second kappa shape index (κ2) is 5.16. The summed E-state index contributed by atoms with van der Waals surface area (Å²) in [7, 11) is 2.08. The smallest absolute Gasteiger partial charge is 0.00113 e. The van der Waals surface area contributed by atoms with Gasteiger partial charge in [-0.15, -0.1) is 0 Å². The van der Waals surface area contributed by atoms with Crippen molar-refractivity contribution in [2.24, 2.45) is 17.8 Å². The standard InChI is InChI=1S/C14H25N/c1-11-8-12-4-3-5-14(11)9-13(7-6-12)10-15-2/h9,11-13,15H,3-8,10H2,1-2H3/b14-9-/t11-,12?,13?/m0/s1. The Kier molecular flexibility index (Phi) is 3.85. The van der Waals surface area contributed by atoms with Crippen LogP contribution in [0.15, 0.2) is 11.6 Å². The van der Waals surface area contributed by atoms with Gasteiger partial charge in [0.05, 0.1) is 0 Å². The maximum Gasteiger partial charge on any atom is 0.00113 e. The van der Waals surface area contributed by atoms with Gasteiger partial charge in [-0.05, 0) is 56.9 Å². The molecule has 15 heavy (non-hydrogen) atoms. The van der Waals surface area contributed by atoms with Crippen LogP contribution in [0.5, 0.6) is 0 Å². The Morgan fingerprint density at radius 1 is 1.33 bits per heavy atom. The minimum atomic E-state index is 0.799. The summed E-state index contributed by atoms with van der Waals surface area (Å²) in [6.45, 7) is 3.61. The first-order chi connectivity index (χ1) is 7.29. The number of hydrogen-bond donors (Lipinski definition) is 1. The Labute approximate surface area is 94.3 Å². The van der Waals surface area contributed by atoms with Crippen molar-refractivity contribution < 1.29 is 0 Å². The minimum absolute atomic E-state index is 0.799. The molecular formula is C14H25N. The average molecular weight is 207 g/mol. The summed E-state index contributed by atoms with van der Waals surface area (Å²) in [6.07, 6.45) is 11.2. The number of hydrogen-bond acceptors (Lipinski definition) is 1. The molecule has 0 saturated heterocycles. The van der Waals surface area contributed by atoms with Crippen LogP contribution in [0.4, 0.5) is 0 Å². The molecule has 1 heteroatoms. The third kappa shape index (κ3) is 2.84. The van der Waals surface area contributed by atoms with E-state index in [9.17, 15) is 0 Å². The third-order valence-corrected chi connectivity index (χ3v) is 4.26. The maximum atomic E-state index is 3.34. The van der Waals surface area contributed by atoms with Gasteiger partial charge in [0, 0.05) is 6.54 Å². The molecule has 0 spiro atoms. The van der Waals surface area contributed by atoms with E-state index in [1.807, 2.05) is 0 Å². The zero-order chi connectivity index (χ0) is 10.7. The molecule has 2 rings (SSSR count). The molecule has 0 aromatic heterocycles. The van der Waals surface area contributed by atoms with Crippen LogP contribution < -0.4 is 5.32 Å². The Morgan fingerprint density at radius 2 is 2.20 bits per heavy atom. The third-order valence-electron chi connectivity index (χ3n) is 4.26. The van der Waals surface area contributed by atoms with Gasteiger partial charge in [0.1, 0.15) is 0 Å². The Bertz CT molecular complexity index is 231. The predicted molar refractivity (Wildman–Crippen MR) is 65.9 cm³/mol. The lowest BCUT2D eigenvalue weighted by Crippen LogP contribution is -2.20. The Morgan fingerprint density at radius 3 is 3.00 bits per heavy atom. The SMILES string of the molecule is CNCC1/C=C2/CCCC(CC1)C[C@@H]2C. The van der Waals surface area contributed by atoms with Crippen LogP contribution in [-0.4, -0.2) is 13.6 Å². The van der Waals surface area contributed by atoms with E-state index in [0.717, 1.165) is 17.8 Å². The second-order valence-corrected chi connectivity index (χ2v) is 5.53. The van der Waals surface area contributed by atoms with E-state index in [1.165, 1.54) is 45.1 Å². The van der Waals surface area contributed by atoms with Gasteiger partial charge in [-0.1, -0.05) is 25.0 Å². The highest BCUT2D eigenvalue weighted by Gasteiger charge is 2.24. The van der Waals surface area contributed by atoms with E-state index in [-0.39, 0.29) is 0 Å². The highest BCUT2D eigenvalue weighted by atomic mass is 14.8. The highest BCUT2D eigenvalue weighted by molar-refractivity contribution is 5.11. The summed E-state index contributed by atoms with van der Waals surface area (Å²) in [5.41, 5.74) is 1.76. The molecule has 1 N–H and O–H groups in total. The Balaban J connectivity index is 2.13. The normalized spacial score (nSPS) is 40.1. The molecule has 3 atom stereocenters. The predicted octanol–water partition coefficient (Wildman–Crippen LogP) is 3.37. The van der Waals surface area contributed by atoms with Crippen molar-refractivity contribution in [2.45, 2.75) is 45.4 Å². The van der Waals surface area contributed by atoms with E-state index in [0.29, 0.717) is 0 Å². The number of rotatable bonds is 2. The van der Waals surface area contributed by atoms with Crippen molar-refractivity contribution >= 4 is 0 Å². The summed E-state index contributed by atoms with van der Waals surface area (Å²) in [5, 5.41) is 3.34. The van der Waals surface area contributed by atoms with E-state index in [2.05, 4.69) is 25.4 Å². The first-order valence-corrected chi connectivity index (χ1v) is 6.64. The van der Waals surface area contributed by atoms with Crippen LogP contribution in [0.2, 0.25) is 0 Å². The lowest BCUT2D eigenvalue weighted by atomic mass is 9.82. The van der Waals surface area contributed by atoms with Crippen LogP contribution in [0.3, 0.4) is 0 Å². The van der Waals surface area contributed by atoms with E-state index < -0.39 is 0 Å². The molecule has 2 unspecified atom stereocenters. The topological polar surface area (TPSA) is 12.0 Å². The number of allylic oxidation sites excluding steroid dienone is 1. The average Bonchev–Trinajstić information content (AvgIpc) is 2.32. The van der Waals surface area contributed by atoms with Crippen molar-refractivity contribution in [1.82, 2.24) is 5.32 Å². The number of fused-ring (bicyclic) bond motifs is 3. The lowest BCUT2D eigenvalue weighted by Gasteiger charge is -2.25. The molecule has 0 radical (unpaired) electrons. The van der Waals surface area contributed by atoms with Gasteiger partial charge in [-0.25, -0.2) is 0 Å². The molecule has 0 aliphatic heterocycles. The lowest BCUT2D eigenvalue weighted by molar-refractivity contribution is 0.349. The van der Waals surface area contributed by atoms with Crippen molar-refractivity contribution in [1.29, 1.82) is 0 Å². The fraction of sp³-hybridized carbons (Fsp3) is 0.857. The molecule has 0 aromatic carbocycles. The zero-order valence-electron chi connectivity index (χ0n) is 10.3. The molecule has 0 heterocycles. The molecule has 1 nitrogen and oxygen atoms in total. The van der Waals surface area contributed by atoms with Gasteiger partial charge in [-0.2, -0.15) is 0 Å². The molecule has 2 aliphatic carbocycles. The highest BCUT2D eigenvalue weighted by Crippen LogP contribution is 2.37. The fourth-order valence-corrected chi connectivity index (χ4v) is 3.38. The first kappa shape index (κ1) is 11.2. The van der Waals surface area contributed by atoms with Crippen LogP contribution >= 0.6 is 0 Å². The van der Waals surface area contributed by atoms with E-state index in [4.69, 9.17) is 0 Å². The maximum absolute atomic E-state index is 3.34. The summed E-state index contributed by atoms with van der Waals surface area (Å²) in [6, 6.07) is 0. The molecule has 2 bridgehead atoms. The summed E-state index contributed by atoms with van der Waals surface area (Å²) in [5.74, 6) is 2.68. The second-order valence-electron chi connectivity index (χ2n) is 5.53. The summed E-state index contributed by atoms with van der Waals surface area (Å²) >= 11 is 0. The van der Waals surface area contributed by atoms with Crippen LogP contribution in [0, 0.1) is 17.8 Å². The largest absolute Gasteiger partial charge is 0.319 e. The zero-order valence-corrected chi connectivity index (χ0v) is 10.3. The van der Waals surface area contributed by atoms with Crippen molar-refractivity contribution in [2.75, 3.05) is 13.6 Å². The van der Waals surface area contributed by atoms with Gasteiger partial charge in [0.2, 0.25) is 0 Å². The summed E-state index contributed by atoms with van der Waals surface area (Å²) in [4.78, 5) is 0. The monoisotopic (exact) mass is 207 g/mol.